The van der Waals surface area contributed by atoms with Crippen molar-refractivity contribution in [2.24, 2.45) is 0 Å². The molecule has 6 nitrogen and oxygen atoms in total. The Labute approximate surface area is 130 Å². The first-order chi connectivity index (χ1) is 10.2. The summed E-state index contributed by atoms with van der Waals surface area (Å²) in [6.07, 6.45) is 0. The van der Waals surface area contributed by atoms with Crippen molar-refractivity contribution in [3.63, 3.8) is 0 Å². The lowest BCUT2D eigenvalue weighted by atomic mass is 10.2. The van der Waals surface area contributed by atoms with Crippen LogP contribution in [-0.4, -0.2) is 13.3 Å². The van der Waals surface area contributed by atoms with Crippen LogP contribution in [0.3, 0.4) is 0 Å². The second-order valence-electron chi connectivity index (χ2n) is 4.32. The third kappa shape index (κ3) is 3.34. The summed E-state index contributed by atoms with van der Waals surface area (Å²) < 4.78 is 42.2. The van der Waals surface area contributed by atoms with Gasteiger partial charge in [-0.25, -0.2) is 4.39 Å². The molecule has 2 aromatic carbocycles. The average Bonchev–Trinajstić information content (AvgIpc) is 2.43. The summed E-state index contributed by atoms with van der Waals surface area (Å²) in [7, 11) is -4.23. The van der Waals surface area contributed by atoms with E-state index in [0.29, 0.717) is 0 Å². The molecule has 0 bridgehead atoms. The monoisotopic (exact) mass is 345 g/mol. The lowest BCUT2D eigenvalue weighted by Crippen LogP contribution is -2.10. The van der Waals surface area contributed by atoms with Crippen LogP contribution in [0.15, 0.2) is 41.3 Å². The topological polar surface area (TPSA) is 86.5 Å². The molecule has 0 N–H and O–H groups in total. The molecule has 0 atom stereocenters. The van der Waals surface area contributed by atoms with Crippen LogP contribution in [0.25, 0.3) is 0 Å². The molecule has 22 heavy (non-hydrogen) atoms. The van der Waals surface area contributed by atoms with E-state index in [-0.39, 0.29) is 26.9 Å². The van der Waals surface area contributed by atoms with E-state index in [1.165, 1.54) is 6.92 Å². The number of hydrogen-bond acceptors (Lipinski definition) is 5. The smallest absolute Gasteiger partial charge is 0.339 e. The number of nitro benzene ring substituents is 1. The first-order valence-electron chi connectivity index (χ1n) is 5.85. The molecule has 2 aromatic rings. The number of non-ortho nitro benzene ring substituents is 1. The van der Waals surface area contributed by atoms with Crippen molar-refractivity contribution < 1.29 is 21.9 Å². The van der Waals surface area contributed by atoms with Crippen LogP contribution in [-0.2, 0) is 10.1 Å². The van der Waals surface area contributed by atoms with Crippen molar-refractivity contribution in [1.29, 1.82) is 0 Å². The fourth-order valence-electron chi connectivity index (χ4n) is 1.61. The Bertz CT molecular complexity index is 854. The van der Waals surface area contributed by atoms with Crippen molar-refractivity contribution in [2.75, 3.05) is 0 Å². The summed E-state index contributed by atoms with van der Waals surface area (Å²) >= 11 is 5.77. The van der Waals surface area contributed by atoms with Gasteiger partial charge in [-0.15, -0.1) is 0 Å². The average molecular weight is 346 g/mol. The van der Waals surface area contributed by atoms with Gasteiger partial charge in [0, 0.05) is 12.1 Å². The molecule has 0 aromatic heterocycles. The molecule has 0 aliphatic heterocycles. The standard InChI is InChI=1S/C13H9ClFNO5S/c1-8-6-10(3-4-12(8)15)22(19,20)21-13-5-2-9(16(17)18)7-11(13)14/h2-7H,1H3. The van der Waals surface area contributed by atoms with Gasteiger partial charge in [-0.3, -0.25) is 10.1 Å². The van der Waals surface area contributed by atoms with Gasteiger partial charge in [-0.1, -0.05) is 11.6 Å². The molecule has 0 saturated heterocycles. The molecule has 0 radical (unpaired) electrons. The van der Waals surface area contributed by atoms with E-state index in [9.17, 15) is 22.9 Å². The second-order valence-corrected chi connectivity index (χ2v) is 6.27. The molecule has 0 heterocycles. The summed E-state index contributed by atoms with van der Waals surface area (Å²) in [6.45, 7) is 1.41. The van der Waals surface area contributed by atoms with Gasteiger partial charge in [-0.05, 0) is 36.8 Å². The third-order valence-electron chi connectivity index (χ3n) is 2.74. The summed E-state index contributed by atoms with van der Waals surface area (Å²) in [5, 5.41) is 10.4. The molecule has 0 aliphatic carbocycles. The maximum Gasteiger partial charge on any atom is 0.339 e. The minimum Gasteiger partial charge on any atom is -0.377 e. The van der Waals surface area contributed by atoms with Crippen LogP contribution in [0.4, 0.5) is 10.1 Å². The zero-order chi connectivity index (χ0) is 16.5. The highest BCUT2D eigenvalue weighted by Crippen LogP contribution is 2.31. The minimum absolute atomic E-state index is 0.138. The highest BCUT2D eigenvalue weighted by Gasteiger charge is 2.20. The summed E-state index contributed by atoms with van der Waals surface area (Å²) in [4.78, 5) is 9.67. The minimum atomic E-state index is -4.23. The van der Waals surface area contributed by atoms with Gasteiger partial charge < -0.3 is 4.18 Å². The predicted molar refractivity (Wildman–Crippen MR) is 77.1 cm³/mol. The fraction of sp³-hybridized carbons (Fsp3) is 0.0769. The second kappa shape index (κ2) is 5.90. The van der Waals surface area contributed by atoms with Crippen molar-refractivity contribution in [2.45, 2.75) is 11.8 Å². The normalized spacial score (nSPS) is 11.2. The first kappa shape index (κ1) is 16.2. The van der Waals surface area contributed by atoms with E-state index < -0.39 is 20.9 Å². The van der Waals surface area contributed by atoms with Crippen LogP contribution in [0.2, 0.25) is 5.02 Å². The van der Waals surface area contributed by atoms with Crippen LogP contribution >= 0.6 is 11.6 Å². The maximum atomic E-state index is 13.2. The fourth-order valence-corrected chi connectivity index (χ4v) is 2.90. The van der Waals surface area contributed by atoms with Crippen LogP contribution in [0.1, 0.15) is 5.56 Å². The Kier molecular flexibility index (Phi) is 4.34. The van der Waals surface area contributed by atoms with Crippen LogP contribution < -0.4 is 4.18 Å². The number of benzene rings is 2. The summed E-state index contributed by atoms with van der Waals surface area (Å²) in [5.41, 5.74) is -0.160. The van der Waals surface area contributed by atoms with Crippen molar-refractivity contribution in [1.82, 2.24) is 0 Å². The zero-order valence-corrected chi connectivity index (χ0v) is 12.7. The maximum absolute atomic E-state index is 13.2. The third-order valence-corrected chi connectivity index (χ3v) is 4.27. The summed E-state index contributed by atoms with van der Waals surface area (Å²) in [6, 6.07) is 6.29. The lowest BCUT2D eigenvalue weighted by molar-refractivity contribution is -0.384. The number of hydrogen-bond donors (Lipinski definition) is 0. The molecular formula is C13H9ClFNO5S. The number of nitrogens with zero attached hydrogens (tertiary/aromatic N) is 1. The van der Waals surface area contributed by atoms with E-state index in [0.717, 1.165) is 36.4 Å². The molecule has 2 rings (SSSR count). The quantitative estimate of drug-likeness (QED) is 0.481. The Morgan fingerprint density at radius 3 is 2.45 bits per heavy atom. The van der Waals surface area contributed by atoms with Gasteiger partial charge in [0.25, 0.3) is 5.69 Å². The Hall–Kier alpha value is -2.19. The van der Waals surface area contributed by atoms with Crippen LogP contribution in [0.5, 0.6) is 5.75 Å². The number of nitro groups is 1. The lowest BCUT2D eigenvalue weighted by Gasteiger charge is -2.09. The Morgan fingerprint density at radius 2 is 1.91 bits per heavy atom. The van der Waals surface area contributed by atoms with Gasteiger partial charge in [-0.2, -0.15) is 8.42 Å². The van der Waals surface area contributed by atoms with Gasteiger partial charge in [0.05, 0.1) is 9.95 Å². The van der Waals surface area contributed by atoms with Crippen molar-refractivity contribution in [3.8, 4) is 5.75 Å². The SMILES string of the molecule is Cc1cc(S(=O)(=O)Oc2ccc([N+](=O)[O-])cc2Cl)ccc1F. The van der Waals surface area contributed by atoms with Crippen LogP contribution in [0, 0.1) is 22.9 Å². The Morgan fingerprint density at radius 1 is 1.23 bits per heavy atom. The van der Waals surface area contributed by atoms with E-state index >= 15 is 0 Å². The molecular weight excluding hydrogens is 337 g/mol. The molecule has 116 valence electrons. The molecule has 0 unspecified atom stereocenters. The highest BCUT2D eigenvalue weighted by atomic mass is 35.5. The molecule has 0 amide bonds. The van der Waals surface area contributed by atoms with Gasteiger partial charge in [0.1, 0.15) is 10.7 Å². The van der Waals surface area contributed by atoms with Crippen molar-refractivity contribution in [3.05, 3.63) is 62.9 Å². The Balaban J connectivity index is 2.36. The van der Waals surface area contributed by atoms with Gasteiger partial charge in [0.15, 0.2) is 5.75 Å². The first-order valence-corrected chi connectivity index (χ1v) is 7.64. The van der Waals surface area contributed by atoms with E-state index in [1.807, 2.05) is 0 Å². The molecule has 0 saturated carbocycles. The number of halogens is 2. The van der Waals surface area contributed by atoms with Gasteiger partial charge in [0.2, 0.25) is 0 Å². The molecule has 9 heteroatoms. The zero-order valence-electron chi connectivity index (χ0n) is 11.1. The molecule has 0 aliphatic rings. The van der Waals surface area contributed by atoms with E-state index in [1.54, 1.807) is 0 Å². The van der Waals surface area contributed by atoms with E-state index in [4.69, 9.17) is 15.8 Å². The van der Waals surface area contributed by atoms with Gasteiger partial charge >= 0.3 is 10.1 Å². The molecule has 0 spiro atoms. The predicted octanol–water partition coefficient (Wildman–Crippen LogP) is 3.46. The van der Waals surface area contributed by atoms with Crippen molar-refractivity contribution >= 4 is 27.4 Å². The number of aryl methyl sites for hydroxylation is 1. The highest BCUT2D eigenvalue weighted by molar-refractivity contribution is 7.87. The summed E-state index contributed by atoms with van der Waals surface area (Å²) in [5.74, 6) is -0.804. The number of rotatable bonds is 4. The molecule has 0 fully saturated rings. The van der Waals surface area contributed by atoms with E-state index in [2.05, 4.69) is 0 Å². The largest absolute Gasteiger partial charge is 0.377 e.